The maximum absolute atomic E-state index is 8.57. The zero-order valence-corrected chi connectivity index (χ0v) is 4.29. The lowest BCUT2D eigenvalue weighted by atomic mass is 11.2. The Balaban J connectivity index is 0. The lowest BCUT2D eigenvalue weighted by Gasteiger charge is -1.33. The zero-order valence-electron chi connectivity index (χ0n) is 3.14. The van der Waals surface area contributed by atoms with Crippen LogP contribution in [0.5, 0.6) is 0 Å². The third kappa shape index (κ3) is 196. The molecular formula is C2H6NO2P. The molecule has 0 amide bonds. The van der Waals surface area contributed by atoms with Gasteiger partial charge in [-0.3, -0.25) is 9.97 Å². The number of hydrogen-bond donors (Lipinski definition) is 2. The summed E-state index contributed by atoms with van der Waals surface area (Å²) in [5.41, 5.74) is 0. The topological polar surface area (TPSA) is 61.2 Å². The molecule has 0 aromatic heterocycles. The molecule has 0 aliphatic heterocycles. The van der Waals surface area contributed by atoms with Crippen LogP contribution >= 0.6 is 8.69 Å². The Kier molecular flexibility index (Phi) is 34.9. The number of rotatable bonds is 0. The van der Waals surface area contributed by atoms with Crippen LogP contribution in [-0.4, -0.2) is 10.8 Å². The molecule has 0 fully saturated rings. The largest absolute Gasteiger partial charge is 0.348 e. The first-order chi connectivity index (χ1) is 2.83. The van der Waals surface area contributed by atoms with Gasteiger partial charge in [-0.15, -0.1) is 0 Å². The van der Waals surface area contributed by atoms with Gasteiger partial charge in [0.25, 0.3) is 0 Å². The summed E-state index contributed by atoms with van der Waals surface area (Å²) in [5.74, 6) is 1.75. The molecular weight excluding hydrogens is 101 g/mol. The minimum Gasteiger partial charge on any atom is -0.348 e. The van der Waals surface area contributed by atoms with Gasteiger partial charge in [-0.25, -0.2) is 0 Å². The third-order valence-electron chi connectivity index (χ3n) is 0. The van der Waals surface area contributed by atoms with Crippen molar-refractivity contribution in [2.24, 2.45) is 0 Å². The van der Waals surface area contributed by atoms with Crippen LogP contribution in [0.25, 0.3) is 0 Å². The predicted molar refractivity (Wildman–Crippen MR) is 26.0 cm³/mol. The minimum absolute atomic E-state index is 1.50. The van der Waals surface area contributed by atoms with Gasteiger partial charge in [-0.05, 0) is 12.4 Å². The Bertz CT molecular complexity index is 56.6. The molecule has 1 atom stereocenters. The third-order valence-corrected chi connectivity index (χ3v) is 0. The van der Waals surface area contributed by atoms with Crippen LogP contribution in [0.2, 0.25) is 0 Å². The highest BCUT2D eigenvalue weighted by Gasteiger charge is 1.17. The molecule has 0 saturated heterocycles. The normalized spacial score (nSPS) is 6.17. The predicted octanol–water partition coefficient (Wildman–Crippen LogP) is 0.0709. The van der Waals surface area contributed by atoms with Crippen molar-refractivity contribution >= 4 is 14.6 Å². The molecule has 6 heavy (non-hydrogen) atoms. The summed E-state index contributed by atoms with van der Waals surface area (Å²) < 4.78 is 8.57. The summed E-state index contributed by atoms with van der Waals surface area (Å²) in [6.45, 7) is 2.90. The van der Waals surface area contributed by atoms with Crippen molar-refractivity contribution in [3.63, 3.8) is 0 Å². The van der Waals surface area contributed by atoms with E-state index in [2.05, 4.69) is 6.58 Å². The van der Waals surface area contributed by atoms with Crippen molar-refractivity contribution in [2.75, 3.05) is 0 Å². The van der Waals surface area contributed by atoms with Gasteiger partial charge in [0.05, 0.1) is 0 Å². The van der Waals surface area contributed by atoms with Gasteiger partial charge in [-0.1, -0.05) is 0 Å². The first kappa shape index (κ1) is 9.16. The Morgan fingerprint density at radius 2 is 2.00 bits per heavy atom. The Labute approximate surface area is 37.1 Å². The highest BCUT2D eigenvalue weighted by atomic mass is 31.1. The summed E-state index contributed by atoms with van der Waals surface area (Å²) in [7, 11) is -1.50. The fourth-order valence-electron chi connectivity index (χ4n) is 0. The van der Waals surface area contributed by atoms with Crippen molar-refractivity contribution in [3.8, 4) is 0 Å². The van der Waals surface area contributed by atoms with Crippen LogP contribution in [0.1, 0.15) is 0 Å². The second-order valence-corrected chi connectivity index (χ2v) is 0.493. The lowest BCUT2D eigenvalue weighted by molar-refractivity contribution is 0.524. The quantitative estimate of drug-likeness (QED) is 0.340. The number of hydrogen-bond acceptors (Lipinski definition) is 2. The molecule has 0 aliphatic carbocycles. The first-order valence-electron chi connectivity index (χ1n) is 1.10. The minimum atomic E-state index is -1.50. The van der Waals surface area contributed by atoms with Crippen molar-refractivity contribution < 1.29 is 9.46 Å². The van der Waals surface area contributed by atoms with Crippen LogP contribution in [0, 0.1) is 5.41 Å². The molecule has 0 saturated carbocycles. The lowest BCUT2D eigenvalue weighted by Crippen LogP contribution is -1.10. The van der Waals surface area contributed by atoms with Crippen molar-refractivity contribution in [1.82, 2.24) is 0 Å². The second-order valence-electron chi connectivity index (χ2n) is 0.282. The van der Waals surface area contributed by atoms with E-state index in [0.29, 0.717) is 0 Å². The molecule has 1 unspecified atom stereocenters. The molecule has 2 N–H and O–H groups in total. The Morgan fingerprint density at radius 1 is 2.00 bits per heavy atom. The molecule has 0 bridgehead atoms. The molecule has 0 aliphatic rings. The number of nitrogens with one attached hydrogen (secondary N) is 1. The van der Waals surface area contributed by atoms with E-state index in [1.807, 2.05) is 0 Å². The van der Waals surface area contributed by atoms with E-state index in [4.69, 9.17) is 14.9 Å². The molecule has 36 valence electrons. The van der Waals surface area contributed by atoms with E-state index in [-0.39, 0.29) is 0 Å². The first-order valence-corrected chi connectivity index (χ1v) is 2.09. The summed E-state index contributed by atoms with van der Waals surface area (Å²) in [6.07, 6.45) is 0. The van der Waals surface area contributed by atoms with Gasteiger partial charge in [0, 0.05) is 0 Å². The summed E-state index contributed by atoms with van der Waals surface area (Å²) >= 11 is 0. The maximum Gasteiger partial charge on any atom is 0.177 e. The molecule has 0 heterocycles. The van der Waals surface area contributed by atoms with Gasteiger partial charge in [-0.2, -0.15) is 0 Å². The SMILES string of the molecule is C=C=N.O=[PH2]O. The van der Waals surface area contributed by atoms with E-state index in [1.165, 1.54) is 0 Å². The fourth-order valence-corrected chi connectivity index (χ4v) is 0. The van der Waals surface area contributed by atoms with E-state index in [0.717, 1.165) is 0 Å². The molecule has 0 aromatic rings. The van der Waals surface area contributed by atoms with Crippen LogP contribution < -0.4 is 0 Å². The average molecular weight is 107 g/mol. The second kappa shape index (κ2) is 22.9. The van der Waals surface area contributed by atoms with Gasteiger partial charge in [0.2, 0.25) is 0 Å². The standard InChI is InChI=1S/C2H3N.H3O2P/c1-2-3;1-3-2/h3H,1H2;3H2,(H,1,2). The highest BCUT2D eigenvalue weighted by molar-refractivity contribution is 7.16. The van der Waals surface area contributed by atoms with E-state index >= 15 is 0 Å². The molecule has 3 nitrogen and oxygen atoms in total. The van der Waals surface area contributed by atoms with E-state index < -0.39 is 8.69 Å². The smallest absolute Gasteiger partial charge is 0.177 e. The zero-order chi connectivity index (χ0) is 5.41. The Morgan fingerprint density at radius 3 is 2.00 bits per heavy atom. The summed E-state index contributed by atoms with van der Waals surface area (Å²) in [5, 5.41) is 5.85. The fraction of sp³-hybridized carbons (Fsp3) is 0. The van der Waals surface area contributed by atoms with E-state index in [1.54, 1.807) is 5.87 Å². The van der Waals surface area contributed by atoms with Crippen LogP contribution in [-0.2, 0) is 4.57 Å². The summed E-state index contributed by atoms with van der Waals surface area (Å²) in [4.78, 5) is 7.10. The molecule has 0 spiro atoms. The van der Waals surface area contributed by atoms with Crippen LogP contribution in [0.4, 0.5) is 0 Å². The van der Waals surface area contributed by atoms with E-state index in [9.17, 15) is 0 Å². The van der Waals surface area contributed by atoms with Crippen LogP contribution in [0.15, 0.2) is 6.58 Å². The molecule has 0 radical (unpaired) electrons. The van der Waals surface area contributed by atoms with Crippen molar-refractivity contribution in [2.45, 2.75) is 0 Å². The van der Waals surface area contributed by atoms with Gasteiger partial charge >= 0.3 is 0 Å². The molecule has 0 rings (SSSR count). The highest BCUT2D eigenvalue weighted by Crippen LogP contribution is 1.66. The van der Waals surface area contributed by atoms with Gasteiger partial charge in [0.1, 0.15) is 0 Å². The van der Waals surface area contributed by atoms with Gasteiger partial charge < -0.3 is 4.89 Å². The van der Waals surface area contributed by atoms with Crippen molar-refractivity contribution in [1.29, 1.82) is 5.41 Å². The monoisotopic (exact) mass is 107 g/mol. The summed E-state index contributed by atoms with van der Waals surface area (Å²) in [6, 6.07) is 0. The van der Waals surface area contributed by atoms with Crippen molar-refractivity contribution in [3.05, 3.63) is 6.58 Å². The van der Waals surface area contributed by atoms with Gasteiger partial charge in [0.15, 0.2) is 8.69 Å². The Hall–Kier alpha value is -0.360. The molecule has 0 aromatic carbocycles. The molecule has 4 heteroatoms. The van der Waals surface area contributed by atoms with Crippen LogP contribution in [0.3, 0.4) is 0 Å². The maximum atomic E-state index is 8.57. The average Bonchev–Trinajstić information content (AvgIpc) is 1.39.